The first kappa shape index (κ1) is 12.9. The summed E-state index contributed by atoms with van der Waals surface area (Å²) >= 11 is 0. The summed E-state index contributed by atoms with van der Waals surface area (Å²) in [6.45, 7) is 0.261. The summed E-state index contributed by atoms with van der Waals surface area (Å²) in [5.41, 5.74) is -0.268. The van der Waals surface area contributed by atoms with E-state index in [0.29, 0.717) is 6.42 Å². The molecule has 1 heterocycles. The van der Waals surface area contributed by atoms with Gasteiger partial charge in [0.25, 0.3) is 5.69 Å². The Bertz CT molecular complexity index is 571. The highest BCUT2D eigenvalue weighted by atomic mass is 32.2. The molecule has 1 atom stereocenters. The minimum atomic E-state index is -3.76. The lowest BCUT2D eigenvalue weighted by Crippen LogP contribution is -2.29. The zero-order valence-corrected chi connectivity index (χ0v) is 10.2. The van der Waals surface area contributed by atoms with Gasteiger partial charge in [0.2, 0.25) is 10.0 Å². The topological polar surface area (TPSA) is 101 Å². The van der Waals surface area contributed by atoms with Crippen molar-refractivity contribution in [3.8, 4) is 0 Å². The molecule has 0 spiro atoms. The van der Waals surface area contributed by atoms with E-state index in [-0.39, 0.29) is 23.7 Å². The molecule has 1 N–H and O–H groups in total. The van der Waals surface area contributed by atoms with Crippen molar-refractivity contribution in [2.75, 3.05) is 13.1 Å². The number of aliphatic hydroxyl groups is 1. The molecule has 0 aliphatic carbocycles. The van der Waals surface area contributed by atoms with Gasteiger partial charge in [0.1, 0.15) is 0 Å². The van der Waals surface area contributed by atoms with Crippen LogP contribution in [0.4, 0.5) is 5.69 Å². The van der Waals surface area contributed by atoms with E-state index in [0.717, 1.165) is 10.4 Å². The van der Waals surface area contributed by atoms with Crippen molar-refractivity contribution >= 4 is 15.7 Å². The predicted molar refractivity (Wildman–Crippen MR) is 62.5 cm³/mol. The molecule has 0 saturated carbocycles. The molecule has 0 radical (unpaired) electrons. The van der Waals surface area contributed by atoms with Gasteiger partial charge in [-0.2, -0.15) is 4.31 Å². The molecular weight excluding hydrogens is 260 g/mol. The van der Waals surface area contributed by atoms with E-state index >= 15 is 0 Å². The quantitative estimate of drug-likeness (QED) is 0.632. The molecule has 1 fully saturated rings. The minimum absolute atomic E-state index is 0.0328. The first-order chi connectivity index (χ1) is 8.41. The zero-order chi connectivity index (χ0) is 13.3. The summed E-state index contributed by atoms with van der Waals surface area (Å²) in [7, 11) is -3.76. The largest absolute Gasteiger partial charge is 0.392 e. The number of aliphatic hydroxyl groups excluding tert-OH is 1. The lowest BCUT2D eigenvalue weighted by molar-refractivity contribution is -0.385. The number of β-amino-alcohol motifs (C(OH)–C–C–N with tert-alkyl or cyclic N) is 1. The third-order valence-corrected chi connectivity index (χ3v) is 4.65. The summed E-state index contributed by atoms with van der Waals surface area (Å²) in [5.74, 6) is 0. The molecular formula is C10H12N2O5S. The number of rotatable bonds is 3. The second-order valence-electron chi connectivity index (χ2n) is 4.06. The zero-order valence-electron chi connectivity index (χ0n) is 9.39. The highest BCUT2D eigenvalue weighted by Gasteiger charge is 2.32. The van der Waals surface area contributed by atoms with Gasteiger partial charge >= 0.3 is 0 Å². The van der Waals surface area contributed by atoms with Crippen LogP contribution >= 0.6 is 0 Å². The maximum atomic E-state index is 12.1. The maximum Gasteiger partial charge on any atom is 0.270 e. The van der Waals surface area contributed by atoms with Gasteiger partial charge in [0.15, 0.2) is 0 Å². The molecule has 1 aliphatic heterocycles. The SMILES string of the molecule is O=[N+]([O-])c1cccc(S(=O)(=O)N2CCC(O)C2)c1. The van der Waals surface area contributed by atoms with Crippen LogP contribution in [-0.2, 0) is 10.0 Å². The first-order valence-electron chi connectivity index (χ1n) is 5.34. The smallest absolute Gasteiger partial charge is 0.270 e. The van der Waals surface area contributed by atoms with Crippen LogP contribution in [0.2, 0.25) is 0 Å². The van der Waals surface area contributed by atoms with Crippen molar-refractivity contribution in [1.29, 1.82) is 0 Å². The molecule has 2 rings (SSSR count). The Hall–Kier alpha value is -1.51. The standard InChI is InChI=1S/C10H12N2O5S/c13-9-4-5-11(7-9)18(16,17)10-3-1-2-8(6-10)12(14)15/h1-3,6,9,13H,4-5,7H2. The van der Waals surface area contributed by atoms with E-state index < -0.39 is 21.1 Å². The van der Waals surface area contributed by atoms with E-state index in [1.54, 1.807) is 0 Å². The van der Waals surface area contributed by atoms with E-state index in [1.165, 1.54) is 18.2 Å². The minimum Gasteiger partial charge on any atom is -0.392 e. The molecule has 8 heteroatoms. The summed E-state index contributed by atoms with van der Waals surface area (Å²) in [5, 5.41) is 19.9. The van der Waals surface area contributed by atoms with Gasteiger partial charge in [-0.05, 0) is 12.5 Å². The predicted octanol–water partition coefficient (Wildman–Crippen LogP) is 0.350. The fraction of sp³-hybridized carbons (Fsp3) is 0.400. The molecule has 7 nitrogen and oxygen atoms in total. The van der Waals surface area contributed by atoms with Crippen LogP contribution in [-0.4, -0.2) is 41.9 Å². The summed E-state index contributed by atoms with van der Waals surface area (Å²) in [6.07, 6.45) is -0.285. The molecule has 0 bridgehead atoms. The van der Waals surface area contributed by atoms with Crippen molar-refractivity contribution in [3.05, 3.63) is 34.4 Å². The molecule has 1 aliphatic rings. The van der Waals surface area contributed by atoms with Crippen molar-refractivity contribution in [1.82, 2.24) is 4.31 Å². The Balaban J connectivity index is 2.35. The monoisotopic (exact) mass is 272 g/mol. The molecule has 98 valence electrons. The van der Waals surface area contributed by atoms with Crippen molar-refractivity contribution < 1.29 is 18.4 Å². The Morgan fingerprint density at radius 3 is 2.72 bits per heavy atom. The number of nitrogens with zero attached hydrogens (tertiary/aromatic N) is 2. The van der Waals surface area contributed by atoms with Crippen LogP contribution in [0.1, 0.15) is 6.42 Å². The van der Waals surface area contributed by atoms with Gasteiger partial charge in [-0.1, -0.05) is 6.07 Å². The van der Waals surface area contributed by atoms with Gasteiger partial charge in [-0.3, -0.25) is 10.1 Å². The Morgan fingerprint density at radius 2 is 2.17 bits per heavy atom. The molecule has 1 saturated heterocycles. The van der Waals surface area contributed by atoms with Crippen LogP contribution in [0.5, 0.6) is 0 Å². The van der Waals surface area contributed by atoms with Gasteiger partial charge in [-0.25, -0.2) is 8.42 Å². The maximum absolute atomic E-state index is 12.1. The third-order valence-electron chi connectivity index (χ3n) is 2.79. The van der Waals surface area contributed by atoms with Crippen LogP contribution < -0.4 is 0 Å². The first-order valence-corrected chi connectivity index (χ1v) is 6.78. The van der Waals surface area contributed by atoms with E-state index in [2.05, 4.69) is 0 Å². The molecule has 0 aromatic heterocycles. The molecule has 18 heavy (non-hydrogen) atoms. The van der Waals surface area contributed by atoms with E-state index in [4.69, 9.17) is 0 Å². The van der Waals surface area contributed by atoms with Gasteiger partial charge < -0.3 is 5.11 Å². The highest BCUT2D eigenvalue weighted by Crippen LogP contribution is 2.23. The normalized spacial score (nSPS) is 21.1. The third kappa shape index (κ3) is 2.35. The fourth-order valence-corrected chi connectivity index (χ4v) is 3.37. The van der Waals surface area contributed by atoms with Gasteiger partial charge in [0.05, 0.1) is 15.9 Å². The second-order valence-corrected chi connectivity index (χ2v) is 6.00. The molecule has 1 unspecified atom stereocenters. The summed E-state index contributed by atoms with van der Waals surface area (Å²) in [4.78, 5) is 9.85. The molecule has 1 aromatic carbocycles. The number of hydrogen-bond donors (Lipinski definition) is 1. The number of sulfonamides is 1. The number of hydrogen-bond acceptors (Lipinski definition) is 5. The lowest BCUT2D eigenvalue weighted by atomic mass is 10.3. The Labute approximate surface area is 104 Å². The van der Waals surface area contributed by atoms with Crippen LogP contribution in [0, 0.1) is 10.1 Å². The molecule has 1 aromatic rings. The Kier molecular flexibility index (Phi) is 3.33. The van der Waals surface area contributed by atoms with Crippen LogP contribution in [0.25, 0.3) is 0 Å². The molecule has 0 amide bonds. The number of benzene rings is 1. The average molecular weight is 272 g/mol. The van der Waals surface area contributed by atoms with Gasteiger partial charge in [0, 0.05) is 25.2 Å². The fourth-order valence-electron chi connectivity index (χ4n) is 1.84. The summed E-state index contributed by atoms with van der Waals surface area (Å²) in [6, 6.07) is 4.91. The number of nitro benzene ring substituents is 1. The summed E-state index contributed by atoms with van der Waals surface area (Å²) < 4.78 is 25.4. The van der Waals surface area contributed by atoms with E-state index in [1.807, 2.05) is 0 Å². The van der Waals surface area contributed by atoms with Gasteiger partial charge in [-0.15, -0.1) is 0 Å². The lowest BCUT2D eigenvalue weighted by Gasteiger charge is -2.15. The number of non-ortho nitro benzene ring substituents is 1. The Morgan fingerprint density at radius 1 is 1.44 bits per heavy atom. The highest BCUT2D eigenvalue weighted by molar-refractivity contribution is 7.89. The van der Waals surface area contributed by atoms with Crippen LogP contribution in [0.15, 0.2) is 29.2 Å². The van der Waals surface area contributed by atoms with Crippen molar-refractivity contribution in [2.24, 2.45) is 0 Å². The van der Waals surface area contributed by atoms with Crippen molar-refractivity contribution in [3.63, 3.8) is 0 Å². The van der Waals surface area contributed by atoms with E-state index in [9.17, 15) is 23.6 Å². The average Bonchev–Trinajstić information content (AvgIpc) is 2.77. The van der Waals surface area contributed by atoms with Crippen LogP contribution in [0.3, 0.4) is 0 Å². The number of nitro groups is 1. The van der Waals surface area contributed by atoms with Crippen molar-refractivity contribution in [2.45, 2.75) is 17.4 Å². The second kappa shape index (κ2) is 4.63.